The van der Waals surface area contributed by atoms with E-state index in [4.69, 9.17) is 0 Å². The lowest BCUT2D eigenvalue weighted by Gasteiger charge is -2.28. The first-order valence-electron chi connectivity index (χ1n) is 9.08. The molecule has 0 unspecified atom stereocenters. The van der Waals surface area contributed by atoms with Crippen LogP contribution in [0.1, 0.15) is 30.4 Å². The van der Waals surface area contributed by atoms with Gasteiger partial charge in [-0.3, -0.25) is 4.79 Å². The van der Waals surface area contributed by atoms with E-state index in [-0.39, 0.29) is 12.5 Å². The molecule has 1 fully saturated rings. The second-order valence-electron chi connectivity index (χ2n) is 6.76. The second kappa shape index (κ2) is 8.06. The number of piperidine rings is 1. The van der Waals surface area contributed by atoms with Crippen molar-refractivity contribution in [1.29, 1.82) is 0 Å². The maximum atomic E-state index is 12.2. The Hall–Kier alpha value is -2.49. The monoisotopic (exact) mass is 337 g/mol. The van der Waals surface area contributed by atoms with Gasteiger partial charge in [-0.05, 0) is 68.5 Å². The van der Waals surface area contributed by atoms with E-state index in [1.165, 1.54) is 24.9 Å². The highest BCUT2D eigenvalue weighted by molar-refractivity contribution is 5.94. The number of nitrogens with zero attached hydrogens (tertiary/aromatic N) is 1. The van der Waals surface area contributed by atoms with Crippen LogP contribution >= 0.6 is 0 Å². The molecular formula is C21H27N3O. The van der Waals surface area contributed by atoms with Gasteiger partial charge in [0, 0.05) is 30.2 Å². The summed E-state index contributed by atoms with van der Waals surface area (Å²) in [6.45, 7) is 6.62. The molecule has 0 bridgehead atoms. The van der Waals surface area contributed by atoms with Crippen LogP contribution in [0.5, 0.6) is 0 Å². The summed E-state index contributed by atoms with van der Waals surface area (Å²) in [5, 5.41) is 6.21. The molecule has 4 nitrogen and oxygen atoms in total. The van der Waals surface area contributed by atoms with Crippen molar-refractivity contribution in [2.24, 2.45) is 0 Å². The molecule has 1 heterocycles. The zero-order chi connectivity index (χ0) is 17.6. The van der Waals surface area contributed by atoms with E-state index < -0.39 is 0 Å². The van der Waals surface area contributed by atoms with Gasteiger partial charge in [-0.25, -0.2) is 0 Å². The Morgan fingerprint density at radius 2 is 1.60 bits per heavy atom. The van der Waals surface area contributed by atoms with E-state index in [1.807, 2.05) is 44.2 Å². The van der Waals surface area contributed by atoms with Crippen LogP contribution in [0.4, 0.5) is 17.1 Å². The minimum atomic E-state index is -0.0339. The first-order chi connectivity index (χ1) is 12.1. The zero-order valence-corrected chi connectivity index (χ0v) is 15.1. The molecule has 0 aromatic heterocycles. The number of anilines is 3. The minimum absolute atomic E-state index is 0.0339. The summed E-state index contributed by atoms with van der Waals surface area (Å²) in [5.74, 6) is -0.0339. The molecule has 2 aromatic carbocycles. The molecule has 2 aromatic rings. The van der Waals surface area contributed by atoms with Gasteiger partial charge >= 0.3 is 0 Å². The molecule has 4 heteroatoms. The van der Waals surface area contributed by atoms with Crippen LogP contribution in [-0.2, 0) is 4.79 Å². The fourth-order valence-electron chi connectivity index (χ4n) is 3.37. The number of hydrogen-bond donors (Lipinski definition) is 2. The van der Waals surface area contributed by atoms with Gasteiger partial charge in [0.1, 0.15) is 0 Å². The molecule has 0 aliphatic carbocycles. The summed E-state index contributed by atoms with van der Waals surface area (Å²) >= 11 is 0. The molecule has 1 amide bonds. The van der Waals surface area contributed by atoms with Crippen molar-refractivity contribution < 1.29 is 4.79 Å². The molecule has 2 N–H and O–H groups in total. The van der Waals surface area contributed by atoms with Gasteiger partial charge in [0.15, 0.2) is 0 Å². The van der Waals surface area contributed by atoms with Crippen molar-refractivity contribution in [3.05, 3.63) is 53.6 Å². The molecule has 1 aliphatic rings. The Kier molecular flexibility index (Phi) is 5.59. The van der Waals surface area contributed by atoms with Gasteiger partial charge in [-0.1, -0.05) is 18.2 Å². The molecule has 0 atom stereocenters. The van der Waals surface area contributed by atoms with Crippen LogP contribution in [0.15, 0.2) is 42.5 Å². The number of hydrogen-bond acceptors (Lipinski definition) is 3. The lowest BCUT2D eigenvalue weighted by Crippen LogP contribution is -2.29. The molecule has 3 rings (SSSR count). The number of aryl methyl sites for hydroxylation is 2. The fraction of sp³-hybridized carbons (Fsp3) is 0.381. The average Bonchev–Trinajstić information content (AvgIpc) is 2.63. The van der Waals surface area contributed by atoms with Crippen molar-refractivity contribution >= 4 is 23.0 Å². The predicted molar refractivity (Wildman–Crippen MR) is 106 cm³/mol. The molecule has 0 spiro atoms. The molecule has 132 valence electrons. The van der Waals surface area contributed by atoms with Crippen molar-refractivity contribution in [2.75, 3.05) is 35.2 Å². The summed E-state index contributed by atoms with van der Waals surface area (Å²) < 4.78 is 0. The van der Waals surface area contributed by atoms with Crippen molar-refractivity contribution in [3.63, 3.8) is 0 Å². The average molecular weight is 337 g/mol. The van der Waals surface area contributed by atoms with Crippen LogP contribution in [0.25, 0.3) is 0 Å². The SMILES string of the molecule is Cc1cccc(C)c1NCC(=O)Nc1ccc(N2CCCCC2)cc1. The Bertz CT molecular complexity index is 698. The van der Waals surface area contributed by atoms with Gasteiger partial charge in [-0.2, -0.15) is 0 Å². The first kappa shape index (κ1) is 17.3. The largest absolute Gasteiger partial charge is 0.376 e. The molecule has 0 radical (unpaired) electrons. The number of benzene rings is 2. The highest BCUT2D eigenvalue weighted by Gasteiger charge is 2.11. The van der Waals surface area contributed by atoms with E-state index in [0.717, 1.165) is 35.6 Å². The van der Waals surface area contributed by atoms with Gasteiger partial charge in [0.2, 0.25) is 5.91 Å². The summed E-state index contributed by atoms with van der Waals surface area (Å²) in [4.78, 5) is 14.6. The smallest absolute Gasteiger partial charge is 0.243 e. The Balaban J connectivity index is 1.54. The Morgan fingerprint density at radius 3 is 2.24 bits per heavy atom. The van der Waals surface area contributed by atoms with Crippen molar-refractivity contribution in [3.8, 4) is 0 Å². The van der Waals surface area contributed by atoms with E-state index in [9.17, 15) is 4.79 Å². The number of carbonyl (C=O) groups is 1. The summed E-state index contributed by atoms with van der Waals surface area (Å²) in [6, 6.07) is 14.3. The number of amides is 1. The number of para-hydroxylation sites is 1. The molecule has 0 saturated carbocycles. The normalized spacial score (nSPS) is 14.2. The molecular weight excluding hydrogens is 310 g/mol. The van der Waals surface area contributed by atoms with Gasteiger partial charge in [-0.15, -0.1) is 0 Å². The van der Waals surface area contributed by atoms with E-state index in [2.05, 4.69) is 27.7 Å². The predicted octanol–water partition coefficient (Wildman–Crippen LogP) is 4.34. The lowest BCUT2D eigenvalue weighted by molar-refractivity contribution is -0.114. The third-order valence-electron chi connectivity index (χ3n) is 4.78. The molecule has 1 aliphatic heterocycles. The highest BCUT2D eigenvalue weighted by atomic mass is 16.1. The fourth-order valence-corrected chi connectivity index (χ4v) is 3.37. The minimum Gasteiger partial charge on any atom is -0.376 e. The maximum Gasteiger partial charge on any atom is 0.243 e. The maximum absolute atomic E-state index is 12.2. The van der Waals surface area contributed by atoms with Crippen LogP contribution in [0.2, 0.25) is 0 Å². The topological polar surface area (TPSA) is 44.4 Å². The Labute approximate surface area is 150 Å². The third-order valence-corrected chi connectivity index (χ3v) is 4.78. The van der Waals surface area contributed by atoms with Gasteiger partial charge in [0.25, 0.3) is 0 Å². The standard InChI is InChI=1S/C21H27N3O/c1-16-7-6-8-17(2)21(16)22-15-20(25)23-18-9-11-19(12-10-18)24-13-4-3-5-14-24/h6-12,22H,3-5,13-15H2,1-2H3,(H,23,25). The van der Waals surface area contributed by atoms with Gasteiger partial charge < -0.3 is 15.5 Å². The van der Waals surface area contributed by atoms with Gasteiger partial charge in [0.05, 0.1) is 6.54 Å². The van der Waals surface area contributed by atoms with Crippen LogP contribution in [0.3, 0.4) is 0 Å². The summed E-state index contributed by atoms with van der Waals surface area (Å²) in [5.41, 5.74) is 5.43. The van der Waals surface area contributed by atoms with Crippen LogP contribution in [-0.4, -0.2) is 25.5 Å². The zero-order valence-electron chi connectivity index (χ0n) is 15.1. The van der Waals surface area contributed by atoms with Crippen LogP contribution < -0.4 is 15.5 Å². The lowest BCUT2D eigenvalue weighted by atomic mass is 10.1. The van der Waals surface area contributed by atoms with E-state index in [1.54, 1.807) is 0 Å². The molecule has 1 saturated heterocycles. The van der Waals surface area contributed by atoms with Crippen molar-refractivity contribution in [2.45, 2.75) is 33.1 Å². The number of rotatable bonds is 5. The molecule has 25 heavy (non-hydrogen) atoms. The summed E-state index contributed by atoms with van der Waals surface area (Å²) in [7, 11) is 0. The third kappa shape index (κ3) is 4.53. The highest BCUT2D eigenvalue weighted by Crippen LogP contribution is 2.22. The van der Waals surface area contributed by atoms with Crippen LogP contribution in [0, 0.1) is 13.8 Å². The number of carbonyl (C=O) groups excluding carboxylic acids is 1. The Morgan fingerprint density at radius 1 is 0.960 bits per heavy atom. The van der Waals surface area contributed by atoms with Crippen molar-refractivity contribution in [1.82, 2.24) is 0 Å². The van der Waals surface area contributed by atoms with E-state index in [0.29, 0.717) is 0 Å². The van der Waals surface area contributed by atoms with E-state index >= 15 is 0 Å². The first-order valence-corrected chi connectivity index (χ1v) is 9.08. The summed E-state index contributed by atoms with van der Waals surface area (Å²) in [6.07, 6.45) is 3.86. The second-order valence-corrected chi connectivity index (χ2v) is 6.76. The quantitative estimate of drug-likeness (QED) is 0.853. The number of nitrogens with one attached hydrogen (secondary N) is 2.